The van der Waals surface area contributed by atoms with Gasteiger partial charge in [-0.15, -0.1) is 0 Å². The number of hydrogen-bond donors (Lipinski definition) is 1. The van der Waals surface area contributed by atoms with Crippen LogP contribution >= 0.6 is 0 Å². The Kier molecular flexibility index (Phi) is 12.8. The van der Waals surface area contributed by atoms with E-state index < -0.39 is 5.97 Å². The van der Waals surface area contributed by atoms with E-state index in [1.54, 1.807) is 24.3 Å². The van der Waals surface area contributed by atoms with Gasteiger partial charge in [0, 0.05) is 37.8 Å². The van der Waals surface area contributed by atoms with E-state index >= 15 is 0 Å². The summed E-state index contributed by atoms with van der Waals surface area (Å²) in [4.78, 5) is 31.3. The summed E-state index contributed by atoms with van der Waals surface area (Å²) in [5.41, 5.74) is 0.753. The number of esters is 1. The van der Waals surface area contributed by atoms with Crippen LogP contribution in [0.2, 0.25) is 0 Å². The molecule has 0 radical (unpaired) electrons. The number of hydrogen-bond acceptors (Lipinski definition) is 11. The minimum absolute atomic E-state index is 0.112. The lowest BCUT2D eigenvalue weighted by Crippen LogP contribution is -2.39. The molecule has 0 aliphatic carbocycles. The zero-order valence-corrected chi connectivity index (χ0v) is 27.1. The fourth-order valence-corrected chi connectivity index (χ4v) is 5.78. The fourth-order valence-electron chi connectivity index (χ4n) is 5.78. The van der Waals surface area contributed by atoms with Gasteiger partial charge in [0.05, 0.1) is 54.3 Å². The van der Waals surface area contributed by atoms with Gasteiger partial charge >= 0.3 is 5.97 Å². The van der Waals surface area contributed by atoms with Gasteiger partial charge in [-0.2, -0.15) is 0 Å². The standard InChI is InChI=1S/C33H47N3O9/c1-39-26-19-23(20-27(40-2)30(26)42-4)32(37)34-25-9-6-17-44-29-22-24(21-28(41-3)31(29)43-5)33(38)45-18-8-13-35-11-7-12-36(14-10-25)16-15-35/h19-22,25H,6-18H2,1-5H3,(H,34,37). The van der Waals surface area contributed by atoms with E-state index in [2.05, 4.69) is 15.1 Å². The molecule has 1 N–H and O–H groups in total. The van der Waals surface area contributed by atoms with E-state index in [-0.39, 0.29) is 11.9 Å². The molecule has 12 nitrogen and oxygen atoms in total. The molecule has 2 aliphatic rings. The van der Waals surface area contributed by atoms with Crippen molar-refractivity contribution in [1.82, 2.24) is 15.1 Å². The van der Waals surface area contributed by atoms with Crippen LogP contribution in [0.3, 0.4) is 0 Å². The number of ether oxygens (including phenoxy) is 7. The van der Waals surface area contributed by atoms with Crippen molar-refractivity contribution in [3.8, 4) is 34.5 Å². The van der Waals surface area contributed by atoms with E-state index in [1.807, 2.05) is 0 Å². The number of fused-ring (bicyclic) bond motifs is 5. The highest BCUT2D eigenvalue weighted by molar-refractivity contribution is 5.96. The largest absolute Gasteiger partial charge is 0.493 e. The SMILES string of the molecule is COc1cc(C(=O)NC2CCCOc3cc(cc(OC)c3OC)C(=O)OCCCN3CCCN(CC2)CC3)cc(OC)c1OC. The summed E-state index contributed by atoms with van der Waals surface area (Å²) in [5.74, 6) is 1.79. The highest BCUT2D eigenvalue weighted by Gasteiger charge is 2.23. The van der Waals surface area contributed by atoms with Gasteiger partial charge in [-0.1, -0.05) is 0 Å². The first-order valence-electron chi connectivity index (χ1n) is 15.5. The molecule has 3 unspecified atom stereocenters. The number of rotatable bonds is 7. The van der Waals surface area contributed by atoms with Crippen molar-refractivity contribution >= 4 is 11.9 Å². The molecule has 2 aromatic rings. The predicted octanol–water partition coefficient (Wildman–Crippen LogP) is 3.65. The van der Waals surface area contributed by atoms with E-state index in [0.717, 1.165) is 58.5 Å². The molecular formula is C33H47N3O9. The molecule has 2 aliphatic heterocycles. The Balaban J connectivity index is 1.55. The van der Waals surface area contributed by atoms with Crippen molar-refractivity contribution in [3.63, 3.8) is 0 Å². The Labute approximate surface area is 265 Å². The quantitative estimate of drug-likeness (QED) is 0.453. The van der Waals surface area contributed by atoms with Crippen molar-refractivity contribution in [2.75, 3.05) is 88.0 Å². The Morgan fingerprint density at radius 3 is 1.93 bits per heavy atom. The lowest BCUT2D eigenvalue weighted by Gasteiger charge is -2.25. The lowest BCUT2D eigenvalue weighted by atomic mass is 10.1. The third-order valence-corrected chi connectivity index (χ3v) is 8.22. The summed E-state index contributed by atoms with van der Waals surface area (Å²) in [6.45, 7) is 6.28. The van der Waals surface area contributed by atoms with Crippen LogP contribution in [-0.2, 0) is 4.74 Å². The number of nitrogens with zero attached hydrogens (tertiary/aromatic N) is 2. The third kappa shape index (κ3) is 9.07. The van der Waals surface area contributed by atoms with Gasteiger partial charge in [0.1, 0.15) is 0 Å². The van der Waals surface area contributed by atoms with Gasteiger partial charge in [-0.25, -0.2) is 4.79 Å². The minimum Gasteiger partial charge on any atom is -0.493 e. The van der Waals surface area contributed by atoms with Gasteiger partial charge in [0.15, 0.2) is 23.0 Å². The fraction of sp³-hybridized carbons (Fsp3) is 0.576. The van der Waals surface area contributed by atoms with Crippen LogP contribution in [0.25, 0.3) is 0 Å². The van der Waals surface area contributed by atoms with Crippen LogP contribution < -0.4 is 33.7 Å². The molecule has 0 aromatic heterocycles. The van der Waals surface area contributed by atoms with Crippen LogP contribution in [0.4, 0.5) is 0 Å². The predicted molar refractivity (Wildman–Crippen MR) is 169 cm³/mol. The summed E-state index contributed by atoms with van der Waals surface area (Å²) in [7, 11) is 7.62. The second kappa shape index (κ2) is 17.0. The number of cyclic esters (lactones) is 1. The van der Waals surface area contributed by atoms with E-state index in [1.165, 1.54) is 35.5 Å². The Morgan fingerprint density at radius 2 is 1.29 bits per heavy atom. The normalized spacial score (nSPS) is 21.4. The molecule has 2 aromatic carbocycles. The van der Waals surface area contributed by atoms with Crippen LogP contribution in [0, 0.1) is 0 Å². The molecule has 1 fully saturated rings. The first-order chi connectivity index (χ1) is 21.9. The topological polar surface area (TPSA) is 117 Å². The number of amides is 1. The average Bonchev–Trinajstić information content (AvgIpc) is 3.30. The van der Waals surface area contributed by atoms with Crippen LogP contribution in [-0.4, -0.2) is 116 Å². The Bertz CT molecular complexity index is 1260. The summed E-state index contributed by atoms with van der Waals surface area (Å²) >= 11 is 0. The summed E-state index contributed by atoms with van der Waals surface area (Å²) in [6, 6.07) is 6.44. The molecule has 3 atom stereocenters. The number of nitrogens with one attached hydrogen (secondary N) is 1. The lowest BCUT2D eigenvalue weighted by molar-refractivity contribution is 0.0487. The zero-order chi connectivity index (χ0) is 32.2. The molecule has 0 spiro atoms. The maximum atomic E-state index is 13.5. The third-order valence-electron chi connectivity index (χ3n) is 8.22. The number of carbonyl (C=O) groups is 2. The maximum absolute atomic E-state index is 13.5. The van der Waals surface area contributed by atoms with Crippen molar-refractivity contribution in [2.45, 2.75) is 38.1 Å². The van der Waals surface area contributed by atoms with Gasteiger partial charge in [-0.3, -0.25) is 4.79 Å². The number of methoxy groups -OCH3 is 5. The molecule has 45 heavy (non-hydrogen) atoms. The first-order valence-corrected chi connectivity index (χ1v) is 15.5. The number of benzene rings is 2. The highest BCUT2D eigenvalue weighted by Crippen LogP contribution is 2.39. The molecular weight excluding hydrogens is 582 g/mol. The molecule has 248 valence electrons. The van der Waals surface area contributed by atoms with Crippen molar-refractivity contribution in [1.29, 1.82) is 0 Å². The van der Waals surface area contributed by atoms with Crippen molar-refractivity contribution < 1.29 is 42.7 Å². The average molecular weight is 630 g/mol. The molecule has 12 heteroatoms. The van der Waals surface area contributed by atoms with Gasteiger partial charge < -0.3 is 48.3 Å². The van der Waals surface area contributed by atoms with Gasteiger partial charge in [0.25, 0.3) is 5.91 Å². The smallest absolute Gasteiger partial charge is 0.338 e. The Hall–Kier alpha value is -3.90. The molecule has 0 saturated carbocycles. The molecule has 1 amide bonds. The van der Waals surface area contributed by atoms with E-state index in [0.29, 0.717) is 71.7 Å². The zero-order valence-electron chi connectivity index (χ0n) is 27.1. The molecule has 2 heterocycles. The van der Waals surface area contributed by atoms with Crippen molar-refractivity contribution in [3.05, 3.63) is 35.4 Å². The van der Waals surface area contributed by atoms with Gasteiger partial charge in [0.2, 0.25) is 11.5 Å². The number of carbonyl (C=O) groups excluding carboxylic acids is 2. The van der Waals surface area contributed by atoms with Crippen LogP contribution in [0.1, 0.15) is 52.8 Å². The van der Waals surface area contributed by atoms with Crippen LogP contribution in [0.5, 0.6) is 34.5 Å². The summed E-state index contributed by atoms with van der Waals surface area (Å²) < 4.78 is 39.1. The van der Waals surface area contributed by atoms with E-state index in [4.69, 9.17) is 33.2 Å². The second-order valence-corrected chi connectivity index (χ2v) is 11.1. The summed E-state index contributed by atoms with van der Waals surface area (Å²) in [5, 5.41) is 3.24. The molecule has 4 bridgehead atoms. The maximum Gasteiger partial charge on any atom is 0.338 e. The molecule has 4 rings (SSSR count). The van der Waals surface area contributed by atoms with Crippen LogP contribution in [0.15, 0.2) is 24.3 Å². The van der Waals surface area contributed by atoms with E-state index in [9.17, 15) is 9.59 Å². The monoisotopic (exact) mass is 629 g/mol. The second-order valence-electron chi connectivity index (χ2n) is 11.1. The van der Waals surface area contributed by atoms with Gasteiger partial charge in [-0.05, 0) is 69.5 Å². The summed E-state index contributed by atoms with van der Waals surface area (Å²) in [6.07, 6.45) is 3.92. The first kappa shape index (κ1) is 34.0. The highest BCUT2D eigenvalue weighted by atomic mass is 16.5. The molecule has 1 saturated heterocycles. The minimum atomic E-state index is -0.435. The Morgan fingerprint density at radius 1 is 0.689 bits per heavy atom. The van der Waals surface area contributed by atoms with Crippen molar-refractivity contribution in [2.24, 2.45) is 0 Å².